The molecule has 0 saturated heterocycles. The Morgan fingerprint density at radius 1 is 1.19 bits per heavy atom. The molecule has 2 aromatic rings. The number of imidazole rings is 1. The largest absolute Gasteiger partial charge is 0.389 e. The second-order valence-corrected chi connectivity index (χ2v) is 5.20. The van der Waals surface area contributed by atoms with E-state index in [0.29, 0.717) is 42.1 Å². The van der Waals surface area contributed by atoms with Crippen molar-refractivity contribution in [2.45, 2.75) is 38.4 Å². The van der Waals surface area contributed by atoms with Gasteiger partial charge in [0.25, 0.3) is 0 Å². The van der Waals surface area contributed by atoms with E-state index in [1.807, 2.05) is 0 Å². The second kappa shape index (κ2) is 6.64. The summed E-state index contributed by atoms with van der Waals surface area (Å²) >= 11 is 5.71. The first-order chi connectivity index (χ1) is 9.90. The van der Waals surface area contributed by atoms with Gasteiger partial charge in [0.2, 0.25) is 0 Å². The second-order valence-electron chi connectivity index (χ2n) is 4.82. The first-order valence-corrected chi connectivity index (χ1v) is 7.21. The topological polar surface area (TPSA) is 17.8 Å². The number of hydrogen-bond acceptors (Lipinski definition) is 1. The van der Waals surface area contributed by atoms with Gasteiger partial charge in [0, 0.05) is 25.3 Å². The van der Waals surface area contributed by atoms with Crippen molar-refractivity contribution in [3.05, 3.63) is 29.8 Å². The van der Waals surface area contributed by atoms with Crippen LogP contribution in [-0.2, 0) is 13.0 Å². The maximum Gasteiger partial charge on any atom is 0.389 e. The Kier molecular flexibility index (Phi) is 5.08. The highest BCUT2D eigenvalue weighted by molar-refractivity contribution is 6.17. The van der Waals surface area contributed by atoms with Crippen LogP contribution in [0.25, 0.3) is 11.0 Å². The van der Waals surface area contributed by atoms with Gasteiger partial charge in [0.1, 0.15) is 11.6 Å². The summed E-state index contributed by atoms with van der Waals surface area (Å²) in [5.41, 5.74) is 1.23. The minimum atomic E-state index is -4.14. The normalized spacial score (nSPS) is 12.2. The predicted octanol–water partition coefficient (Wildman–Crippen LogP) is 4.69. The highest BCUT2D eigenvalue weighted by Crippen LogP contribution is 2.24. The molecule has 0 N–H and O–H groups in total. The van der Waals surface area contributed by atoms with Gasteiger partial charge in [-0.3, -0.25) is 0 Å². The molecule has 2 rings (SSSR count). The molecule has 0 spiro atoms. The summed E-state index contributed by atoms with van der Waals surface area (Å²) in [4.78, 5) is 4.36. The molecule has 0 aliphatic carbocycles. The molecule has 116 valence electrons. The van der Waals surface area contributed by atoms with E-state index in [4.69, 9.17) is 11.6 Å². The third-order valence-electron chi connectivity index (χ3n) is 3.20. The lowest BCUT2D eigenvalue weighted by molar-refractivity contribution is -0.135. The van der Waals surface area contributed by atoms with E-state index < -0.39 is 18.4 Å². The molecule has 0 unspecified atom stereocenters. The molecule has 21 heavy (non-hydrogen) atoms. The van der Waals surface area contributed by atoms with Gasteiger partial charge < -0.3 is 4.57 Å². The Hall–Kier alpha value is -1.30. The van der Waals surface area contributed by atoms with Gasteiger partial charge in [-0.05, 0) is 31.0 Å². The van der Waals surface area contributed by atoms with Crippen molar-refractivity contribution in [1.29, 1.82) is 0 Å². The third kappa shape index (κ3) is 4.33. The molecule has 1 aromatic heterocycles. The number of fused-ring (bicyclic) bond motifs is 1. The van der Waals surface area contributed by atoms with E-state index in [2.05, 4.69) is 4.98 Å². The quantitative estimate of drug-likeness (QED) is 0.428. The molecule has 0 saturated carbocycles. The van der Waals surface area contributed by atoms with Gasteiger partial charge in [-0.25, -0.2) is 9.37 Å². The molecule has 0 aliphatic rings. The number of nitrogens with zero attached hydrogens (tertiary/aromatic N) is 2. The molecule has 0 bridgehead atoms. The van der Waals surface area contributed by atoms with Crippen molar-refractivity contribution >= 4 is 22.6 Å². The van der Waals surface area contributed by atoms with Crippen LogP contribution in [-0.4, -0.2) is 21.6 Å². The van der Waals surface area contributed by atoms with E-state index >= 15 is 0 Å². The van der Waals surface area contributed by atoms with Gasteiger partial charge in [0.05, 0.1) is 11.0 Å². The van der Waals surface area contributed by atoms with Gasteiger partial charge >= 0.3 is 6.18 Å². The SMILES string of the molecule is Fc1ccc2nc(CCCl)n(CCCCC(F)(F)F)c2c1. The molecular formula is C14H15ClF4N2. The van der Waals surface area contributed by atoms with E-state index in [1.165, 1.54) is 12.1 Å². The zero-order chi connectivity index (χ0) is 15.5. The summed E-state index contributed by atoms with van der Waals surface area (Å²) in [6.07, 6.45) is -4.05. The molecule has 0 amide bonds. The predicted molar refractivity (Wildman–Crippen MR) is 74.0 cm³/mol. The van der Waals surface area contributed by atoms with Crippen LogP contribution in [0.3, 0.4) is 0 Å². The Bertz CT molecular complexity index is 607. The summed E-state index contributed by atoms with van der Waals surface area (Å²) < 4.78 is 51.5. The molecular weight excluding hydrogens is 308 g/mol. The molecule has 0 radical (unpaired) electrons. The number of aromatic nitrogens is 2. The van der Waals surface area contributed by atoms with E-state index in [9.17, 15) is 17.6 Å². The fraction of sp³-hybridized carbons (Fsp3) is 0.500. The number of halogens is 5. The van der Waals surface area contributed by atoms with Gasteiger partial charge in [-0.2, -0.15) is 13.2 Å². The number of aryl methyl sites for hydroxylation is 2. The zero-order valence-corrected chi connectivity index (χ0v) is 12.0. The molecule has 0 aliphatic heterocycles. The first kappa shape index (κ1) is 16.1. The third-order valence-corrected chi connectivity index (χ3v) is 3.39. The number of benzene rings is 1. The lowest BCUT2D eigenvalue weighted by atomic mass is 10.2. The maximum atomic E-state index is 13.3. The molecule has 7 heteroatoms. The average molecular weight is 323 g/mol. The number of hydrogen-bond donors (Lipinski definition) is 0. The molecule has 0 fully saturated rings. The smallest absolute Gasteiger partial charge is 0.328 e. The molecule has 1 aromatic carbocycles. The minimum Gasteiger partial charge on any atom is -0.328 e. The van der Waals surface area contributed by atoms with Crippen molar-refractivity contribution in [1.82, 2.24) is 9.55 Å². The molecule has 1 heterocycles. The number of alkyl halides is 4. The molecule has 0 atom stereocenters. The van der Waals surface area contributed by atoms with Crippen molar-refractivity contribution < 1.29 is 17.6 Å². The van der Waals surface area contributed by atoms with E-state index in [-0.39, 0.29) is 6.42 Å². The Morgan fingerprint density at radius 3 is 2.62 bits per heavy atom. The highest BCUT2D eigenvalue weighted by Gasteiger charge is 2.25. The summed E-state index contributed by atoms with van der Waals surface area (Å²) in [7, 11) is 0. The van der Waals surface area contributed by atoms with Crippen LogP contribution < -0.4 is 0 Å². The van der Waals surface area contributed by atoms with Crippen LogP contribution in [0, 0.1) is 5.82 Å². The standard InChI is InChI=1S/C14H15ClF4N2/c15-7-5-13-20-11-4-3-10(16)9-12(11)21(13)8-2-1-6-14(17,18)19/h3-4,9H,1-2,5-8H2. The van der Waals surface area contributed by atoms with Crippen LogP contribution >= 0.6 is 11.6 Å². The zero-order valence-electron chi connectivity index (χ0n) is 11.3. The number of unbranched alkanes of at least 4 members (excludes halogenated alkanes) is 1. The van der Waals surface area contributed by atoms with Crippen molar-refractivity contribution in [3.63, 3.8) is 0 Å². The fourth-order valence-corrected chi connectivity index (χ4v) is 2.44. The Labute approximate surface area is 124 Å². The van der Waals surface area contributed by atoms with Crippen LogP contribution in [0.2, 0.25) is 0 Å². The highest BCUT2D eigenvalue weighted by atomic mass is 35.5. The number of rotatable bonds is 6. The summed E-state index contributed by atoms with van der Waals surface area (Å²) in [6.45, 7) is 0.377. The first-order valence-electron chi connectivity index (χ1n) is 6.68. The Balaban J connectivity index is 2.15. The lowest BCUT2D eigenvalue weighted by Gasteiger charge is -2.09. The van der Waals surface area contributed by atoms with Crippen molar-refractivity contribution in [2.75, 3.05) is 5.88 Å². The van der Waals surface area contributed by atoms with Gasteiger partial charge in [0.15, 0.2) is 0 Å². The molecule has 2 nitrogen and oxygen atoms in total. The average Bonchev–Trinajstić information content (AvgIpc) is 2.71. The van der Waals surface area contributed by atoms with Crippen molar-refractivity contribution in [3.8, 4) is 0 Å². The van der Waals surface area contributed by atoms with Crippen LogP contribution in [0.1, 0.15) is 25.1 Å². The Morgan fingerprint density at radius 2 is 1.95 bits per heavy atom. The van der Waals surface area contributed by atoms with E-state index in [0.717, 1.165) is 0 Å². The van der Waals surface area contributed by atoms with E-state index in [1.54, 1.807) is 10.6 Å². The van der Waals surface area contributed by atoms with Gasteiger partial charge in [-0.1, -0.05) is 0 Å². The summed E-state index contributed by atoms with van der Waals surface area (Å²) in [5, 5.41) is 0. The van der Waals surface area contributed by atoms with Crippen LogP contribution in [0.15, 0.2) is 18.2 Å². The minimum absolute atomic E-state index is 0.0405. The van der Waals surface area contributed by atoms with Gasteiger partial charge in [-0.15, -0.1) is 11.6 Å². The lowest BCUT2D eigenvalue weighted by Crippen LogP contribution is -2.09. The van der Waals surface area contributed by atoms with Crippen LogP contribution in [0.4, 0.5) is 17.6 Å². The van der Waals surface area contributed by atoms with Crippen molar-refractivity contribution in [2.24, 2.45) is 0 Å². The maximum absolute atomic E-state index is 13.3. The van der Waals surface area contributed by atoms with Crippen LogP contribution in [0.5, 0.6) is 0 Å². The monoisotopic (exact) mass is 322 g/mol. The summed E-state index contributed by atoms with van der Waals surface area (Å²) in [6, 6.07) is 4.23. The summed E-state index contributed by atoms with van der Waals surface area (Å²) in [5.74, 6) is 0.642. The fourth-order valence-electron chi connectivity index (χ4n) is 2.27.